The number of benzene rings is 1. The Morgan fingerprint density at radius 3 is 2.94 bits per heavy atom. The normalized spacial score (nSPS) is 23.1. The first-order valence-electron chi connectivity index (χ1n) is 6.25. The Labute approximate surface area is 98.0 Å². The molecule has 2 heteroatoms. The summed E-state index contributed by atoms with van der Waals surface area (Å²) >= 11 is 0. The number of para-hydroxylation sites is 2. The highest BCUT2D eigenvalue weighted by molar-refractivity contribution is 5.58. The second-order valence-electron chi connectivity index (χ2n) is 4.86. The SMILES string of the molecule is CCCCCC1(C)CNc2ccccc2O1. The molecule has 1 aromatic rings. The zero-order valence-corrected chi connectivity index (χ0v) is 10.3. The predicted molar refractivity (Wildman–Crippen MR) is 68.1 cm³/mol. The van der Waals surface area contributed by atoms with Crippen molar-refractivity contribution in [3.63, 3.8) is 0 Å². The van der Waals surface area contributed by atoms with Crippen LogP contribution in [-0.4, -0.2) is 12.1 Å². The molecule has 0 radical (unpaired) electrons. The molecule has 0 spiro atoms. The molecule has 16 heavy (non-hydrogen) atoms. The van der Waals surface area contributed by atoms with E-state index in [1.807, 2.05) is 18.2 Å². The van der Waals surface area contributed by atoms with Crippen LogP contribution < -0.4 is 10.1 Å². The van der Waals surface area contributed by atoms with Crippen LogP contribution >= 0.6 is 0 Å². The summed E-state index contributed by atoms with van der Waals surface area (Å²) in [7, 11) is 0. The highest BCUT2D eigenvalue weighted by Gasteiger charge is 2.30. The molecule has 2 rings (SSSR count). The maximum atomic E-state index is 6.10. The summed E-state index contributed by atoms with van der Waals surface area (Å²) in [6.45, 7) is 5.34. The third-order valence-electron chi connectivity index (χ3n) is 3.21. The van der Waals surface area contributed by atoms with Crippen LogP contribution in [0.15, 0.2) is 24.3 Å². The summed E-state index contributed by atoms with van der Waals surface area (Å²) in [5.41, 5.74) is 1.08. The maximum absolute atomic E-state index is 6.10. The van der Waals surface area contributed by atoms with Crippen molar-refractivity contribution in [2.24, 2.45) is 0 Å². The van der Waals surface area contributed by atoms with Crippen molar-refractivity contribution in [1.82, 2.24) is 0 Å². The largest absolute Gasteiger partial charge is 0.484 e. The molecule has 0 saturated heterocycles. The van der Waals surface area contributed by atoms with E-state index in [2.05, 4.69) is 25.2 Å². The van der Waals surface area contributed by atoms with Crippen molar-refractivity contribution in [2.45, 2.75) is 45.1 Å². The van der Waals surface area contributed by atoms with Gasteiger partial charge in [0.25, 0.3) is 0 Å². The molecular formula is C14H21NO. The molecule has 88 valence electrons. The molecule has 1 aromatic carbocycles. The van der Waals surface area contributed by atoms with E-state index in [0.29, 0.717) is 0 Å². The molecule has 1 atom stereocenters. The Balaban J connectivity index is 2.00. The van der Waals surface area contributed by atoms with Gasteiger partial charge in [-0.1, -0.05) is 31.9 Å². The lowest BCUT2D eigenvalue weighted by Gasteiger charge is -2.36. The molecule has 0 aliphatic carbocycles. The lowest BCUT2D eigenvalue weighted by atomic mass is 9.96. The van der Waals surface area contributed by atoms with Crippen molar-refractivity contribution >= 4 is 5.69 Å². The molecule has 0 fully saturated rings. The van der Waals surface area contributed by atoms with Crippen LogP contribution in [0.5, 0.6) is 5.75 Å². The average molecular weight is 219 g/mol. The molecule has 1 aliphatic heterocycles. The van der Waals surface area contributed by atoms with Gasteiger partial charge in [-0.05, 0) is 31.9 Å². The van der Waals surface area contributed by atoms with E-state index in [1.165, 1.54) is 19.3 Å². The van der Waals surface area contributed by atoms with Gasteiger partial charge in [0.05, 0.1) is 12.2 Å². The van der Waals surface area contributed by atoms with Gasteiger partial charge in [-0.15, -0.1) is 0 Å². The third kappa shape index (κ3) is 2.49. The van der Waals surface area contributed by atoms with Crippen molar-refractivity contribution in [3.05, 3.63) is 24.3 Å². The van der Waals surface area contributed by atoms with E-state index in [4.69, 9.17) is 4.74 Å². The standard InChI is InChI=1S/C14H21NO/c1-3-4-7-10-14(2)11-15-12-8-5-6-9-13(12)16-14/h5-6,8-9,15H,3-4,7,10-11H2,1-2H3. The lowest BCUT2D eigenvalue weighted by Crippen LogP contribution is -2.43. The zero-order valence-electron chi connectivity index (χ0n) is 10.3. The summed E-state index contributed by atoms with van der Waals surface area (Å²) in [4.78, 5) is 0. The molecule has 1 aliphatic rings. The van der Waals surface area contributed by atoms with Crippen LogP contribution in [0.3, 0.4) is 0 Å². The van der Waals surface area contributed by atoms with Gasteiger partial charge in [0, 0.05) is 0 Å². The van der Waals surface area contributed by atoms with E-state index in [1.54, 1.807) is 0 Å². The molecule has 0 bridgehead atoms. The molecular weight excluding hydrogens is 198 g/mol. The summed E-state index contributed by atoms with van der Waals surface area (Å²) in [5, 5.41) is 3.46. The summed E-state index contributed by atoms with van der Waals surface area (Å²) in [5.74, 6) is 0.993. The monoisotopic (exact) mass is 219 g/mol. The van der Waals surface area contributed by atoms with Gasteiger partial charge in [-0.2, -0.15) is 0 Å². The predicted octanol–water partition coefficient (Wildman–Crippen LogP) is 3.83. The van der Waals surface area contributed by atoms with E-state index in [-0.39, 0.29) is 5.60 Å². The van der Waals surface area contributed by atoms with Gasteiger partial charge in [0.2, 0.25) is 0 Å². The van der Waals surface area contributed by atoms with Crippen LogP contribution in [0.4, 0.5) is 5.69 Å². The molecule has 0 saturated carbocycles. The Kier molecular flexibility index (Phi) is 3.37. The van der Waals surface area contributed by atoms with Gasteiger partial charge >= 0.3 is 0 Å². The number of anilines is 1. The minimum absolute atomic E-state index is 0.0382. The van der Waals surface area contributed by atoms with Crippen molar-refractivity contribution in [2.75, 3.05) is 11.9 Å². The second-order valence-corrected chi connectivity index (χ2v) is 4.86. The highest BCUT2D eigenvalue weighted by atomic mass is 16.5. The van der Waals surface area contributed by atoms with Crippen LogP contribution in [0, 0.1) is 0 Å². The van der Waals surface area contributed by atoms with Crippen LogP contribution in [0.25, 0.3) is 0 Å². The van der Waals surface area contributed by atoms with E-state index < -0.39 is 0 Å². The minimum atomic E-state index is -0.0382. The smallest absolute Gasteiger partial charge is 0.143 e. The molecule has 0 amide bonds. The number of unbranched alkanes of at least 4 members (excludes halogenated alkanes) is 2. The number of hydrogen-bond donors (Lipinski definition) is 1. The Morgan fingerprint density at radius 2 is 2.12 bits per heavy atom. The fraction of sp³-hybridized carbons (Fsp3) is 0.571. The number of fused-ring (bicyclic) bond motifs is 1. The molecule has 1 heterocycles. The van der Waals surface area contributed by atoms with Crippen molar-refractivity contribution in [3.8, 4) is 5.75 Å². The fourth-order valence-electron chi connectivity index (χ4n) is 2.17. The highest BCUT2D eigenvalue weighted by Crippen LogP contribution is 2.34. The molecule has 2 nitrogen and oxygen atoms in total. The van der Waals surface area contributed by atoms with Crippen LogP contribution in [0.2, 0.25) is 0 Å². The fourth-order valence-corrected chi connectivity index (χ4v) is 2.17. The Bertz CT molecular complexity index is 350. The molecule has 0 aromatic heterocycles. The minimum Gasteiger partial charge on any atom is -0.484 e. The van der Waals surface area contributed by atoms with Crippen molar-refractivity contribution < 1.29 is 4.74 Å². The van der Waals surface area contributed by atoms with E-state index >= 15 is 0 Å². The lowest BCUT2D eigenvalue weighted by molar-refractivity contribution is 0.0827. The summed E-state index contributed by atoms with van der Waals surface area (Å²) < 4.78 is 6.10. The maximum Gasteiger partial charge on any atom is 0.143 e. The van der Waals surface area contributed by atoms with Crippen LogP contribution in [-0.2, 0) is 0 Å². The number of hydrogen-bond acceptors (Lipinski definition) is 2. The Morgan fingerprint density at radius 1 is 1.31 bits per heavy atom. The number of nitrogens with one attached hydrogen (secondary N) is 1. The summed E-state index contributed by atoms with van der Waals surface area (Å²) in [6.07, 6.45) is 4.93. The van der Waals surface area contributed by atoms with E-state index in [9.17, 15) is 0 Å². The third-order valence-corrected chi connectivity index (χ3v) is 3.21. The van der Waals surface area contributed by atoms with Gasteiger partial charge in [-0.25, -0.2) is 0 Å². The number of ether oxygens (including phenoxy) is 1. The first kappa shape index (κ1) is 11.3. The first-order valence-corrected chi connectivity index (χ1v) is 6.25. The van der Waals surface area contributed by atoms with E-state index in [0.717, 1.165) is 24.4 Å². The molecule has 1 unspecified atom stereocenters. The van der Waals surface area contributed by atoms with Crippen molar-refractivity contribution in [1.29, 1.82) is 0 Å². The zero-order chi connectivity index (χ0) is 11.4. The quantitative estimate of drug-likeness (QED) is 0.777. The van der Waals surface area contributed by atoms with Gasteiger partial charge in [0.1, 0.15) is 11.4 Å². The van der Waals surface area contributed by atoms with Gasteiger partial charge < -0.3 is 10.1 Å². The second kappa shape index (κ2) is 4.77. The van der Waals surface area contributed by atoms with Gasteiger partial charge in [0.15, 0.2) is 0 Å². The van der Waals surface area contributed by atoms with Crippen LogP contribution in [0.1, 0.15) is 39.5 Å². The molecule has 1 N–H and O–H groups in total. The first-order chi connectivity index (χ1) is 7.73. The topological polar surface area (TPSA) is 21.3 Å². The Hall–Kier alpha value is -1.18. The average Bonchev–Trinajstić information content (AvgIpc) is 2.29. The summed E-state index contributed by atoms with van der Waals surface area (Å²) in [6, 6.07) is 8.17. The van der Waals surface area contributed by atoms with Gasteiger partial charge in [-0.3, -0.25) is 0 Å². The number of rotatable bonds is 4.